The number of imidazole rings is 1. The number of H-pyrrole nitrogens is 1. The number of aromatic amines is 1. The Morgan fingerprint density at radius 3 is 2.85 bits per heavy atom. The van der Waals surface area contributed by atoms with Crippen LogP contribution in [0.4, 0.5) is 0 Å². The van der Waals surface area contributed by atoms with Gasteiger partial charge in [-0.25, -0.2) is 0 Å². The lowest BCUT2D eigenvalue weighted by Crippen LogP contribution is -2.38. The molecule has 0 radical (unpaired) electrons. The number of aromatic nitrogens is 2. The van der Waals surface area contributed by atoms with Crippen LogP contribution < -0.4 is 0 Å². The average Bonchev–Trinajstić information content (AvgIpc) is 2.81. The number of ether oxygens (including phenoxy) is 1. The highest BCUT2D eigenvalue weighted by molar-refractivity contribution is 7.71. The van der Waals surface area contributed by atoms with Crippen LogP contribution in [-0.2, 0) is 11.3 Å². The van der Waals surface area contributed by atoms with Crippen molar-refractivity contribution in [2.45, 2.75) is 6.54 Å². The van der Waals surface area contributed by atoms with E-state index in [-0.39, 0.29) is 0 Å². The van der Waals surface area contributed by atoms with Crippen LogP contribution in [0, 0.1) is 16.1 Å². The minimum atomic E-state index is 0.638. The molecule has 0 bridgehead atoms. The minimum absolute atomic E-state index is 0.638. The minimum Gasteiger partial charge on any atom is -0.379 e. The maximum Gasteiger partial charge on any atom is 0.178 e. The van der Waals surface area contributed by atoms with Crippen LogP contribution in [-0.4, -0.2) is 47.3 Å². The van der Waals surface area contributed by atoms with Gasteiger partial charge in [0.05, 0.1) is 29.8 Å². The summed E-state index contributed by atoms with van der Waals surface area (Å²) in [5, 5.41) is 9.13. The largest absolute Gasteiger partial charge is 0.379 e. The van der Waals surface area contributed by atoms with E-state index in [0.717, 1.165) is 50.4 Å². The van der Waals surface area contributed by atoms with Gasteiger partial charge in [0, 0.05) is 26.2 Å². The first-order valence-corrected chi connectivity index (χ1v) is 7.12. The highest BCUT2D eigenvalue weighted by Gasteiger charge is 2.12. The van der Waals surface area contributed by atoms with E-state index in [4.69, 9.17) is 22.2 Å². The van der Waals surface area contributed by atoms with Gasteiger partial charge in [-0.15, -0.1) is 0 Å². The maximum atomic E-state index is 9.13. The van der Waals surface area contributed by atoms with Crippen molar-refractivity contribution in [1.29, 1.82) is 5.26 Å². The molecule has 3 rings (SSSR count). The van der Waals surface area contributed by atoms with Crippen molar-refractivity contribution in [1.82, 2.24) is 14.5 Å². The van der Waals surface area contributed by atoms with E-state index in [1.165, 1.54) is 0 Å². The van der Waals surface area contributed by atoms with Crippen LogP contribution in [0.25, 0.3) is 11.0 Å². The fourth-order valence-corrected chi connectivity index (χ4v) is 2.85. The molecule has 0 saturated carbocycles. The summed E-state index contributed by atoms with van der Waals surface area (Å²) in [7, 11) is 0. The highest BCUT2D eigenvalue weighted by Crippen LogP contribution is 2.18. The summed E-state index contributed by atoms with van der Waals surface area (Å²) in [6, 6.07) is 7.90. The van der Waals surface area contributed by atoms with Gasteiger partial charge < -0.3 is 14.3 Å². The molecule has 1 fully saturated rings. The lowest BCUT2D eigenvalue weighted by molar-refractivity contribution is 0.0365. The Hall–Kier alpha value is -1.68. The Bertz CT molecular complexity index is 706. The van der Waals surface area contributed by atoms with Crippen molar-refractivity contribution in [2.75, 3.05) is 32.8 Å². The third-order valence-electron chi connectivity index (χ3n) is 3.67. The number of benzene rings is 1. The number of para-hydroxylation sites is 1. The van der Waals surface area contributed by atoms with Crippen LogP contribution in [0.15, 0.2) is 18.2 Å². The van der Waals surface area contributed by atoms with Gasteiger partial charge in [0.1, 0.15) is 6.07 Å². The predicted octanol–water partition coefficient (Wildman–Crippen LogP) is 1.90. The normalized spacial score (nSPS) is 16.4. The third kappa shape index (κ3) is 2.48. The van der Waals surface area contributed by atoms with Gasteiger partial charge in [0.2, 0.25) is 0 Å². The molecule has 0 unspecified atom stereocenters. The number of hydrogen-bond donors (Lipinski definition) is 1. The molecule has 1 aliphatic rings. The van der Waals surface area contributed by atoms with E-state index in [2.05, 4.69) is 20.5 Å². The zero-order valence-electron chi connectivity index (χ0n) is 11.1. The molecule has 1 aromatic heterocycles. The summed E-state index contributed by atoms with van der Waals surface area (Å²) in [6.45, 7) is 5.32. The lowest BCUT2D eigenvalue weighted by atomic mass is 10.2. The molecule has 1 N–H and O–H groups in total. The molecule has 1 aliphatic heterocycles. The van der Waals surface area contributed by atoms with Crippen molar-refractivity contribution >= 4 is 23.3 Å². The second-order valence-corrected chi connectivity index (χ2v) is 5.23. The molecular weight excluding hydrogens is 272 g/mol. The van der Waals surface area contributed by atoms with Crippen molar-refractivity contribution < 1.29 is 4.74 Å². The van der Waals surface area contributed by atoms with Gasteiger partial charge in [0.15, 0.2) is 4.77 Å². The summed E-state index contributed by atoms with van der Waals surface area (Å²) in [4.78, 5) is 5.52. The fourth-order valence-electron chi connectivity index (χ4n) is 2.56. The molecule has 6 heteroatoms. The van der Waals surface area contributed by atoms with Gasteiger partial charge >= 0.3 is 0 Å². The van der Waals surface area contributed by atoms with Crippen LogP contribution in [0.5, 0.6) is 0 Å². The number of nitriles is 1. The second kappa shape index (κ2) is 5.75. The van der Waals surface area contributed by atoms with Crippen molar-refractivity contribution in [3.05, 3.63) is 28.5 Å². The second-order valence-electron chi connectivity index (χ2n) is 4.85. The zero-order valence-corrected chi connectivity index (χ0v) is 11.9. The molecular formula is C14H16N4OS. The third-order valence-corrected chi connectivity index (χ3v) is 4.00. The molecule has 1 aromatic carbocycles. The van der Waals surface area contributed by atoms with Gasteiger partial charge in [-0.3, -0.25) is 4.90 Å². The van der Waals surface area contributed by atoms with Crippen molar-refractivity contribution in [3.63, 3.8) is 0 Å². The van der Waals surface area contributed by atoms with E-state index in [1.807, 2.05) is 12.1 Å². The number of nitrogens with zero attached hydrogens (tertiary/aromatic N) is 3. The Balaban J connectivity index is 1.86. The van der Waals surface area contributed by atoms with E-state index in [1.54, 1.807) is 6.07 Å². The van der Waals surface area contributed by atoms with E-state index in [0.29, 0.717) is 10.3 Å². The monoisotopic (exact) mass is 288 g/mol. The summed E-state index contributed by atoms with van der Waals surface area (Å²) in [5.41, 5.74) is 2.48. The molecule has 2 heterocycles. The van der Waals surface area contributed by atoms with Gasteiger partial charge in [0.25, 0.3) is 0 Å². The molecule has 5 nitrogen and oxygen atoms in total. The van der Waals surface area contributed by atoms with Gasteiger partial charge in [-0.05, 0) is 24.4 Å². The number of hydrogen-bond acceptors (Lipinski definition) is 4. The topological polar surface area (TPSA) is 57.0 Å². The van der Waals surface area contributed by atoms with E-state index >= 15 is 0 Å². The first kappa shape index (κ1) is 13.3. The summed E-state index contributed by atoms with van der Waals surface area (Å²) < 4.78 is 8.10. The Kier molecular flexibility index (Phi) is 3.83. The van der Waals surface area contributed by atoms with E-state index < -0.39 is 0 Å². The molecule has 0 atom stereocenters. The summed E-state index contributed by atoms with van der Waals surface area (Å²) in [5.74, 6) is 0. The van der Waals surface area contributed by atoms with Gasteiger partial charge in [-0.2, -0.15) is 5.26 Å². The predicted molar refractivity (Wildman–Crippen MR) is 79.1 cm³/mol. The smallest absolute Gasteiger partial charge is 0.178 e. The fraction of sp³-hybridized carbons (Fsp3) is 0.429. The van der Waals surface area contributed by atoms with Crippen LogP contribution in [0.3, 0.4) is 0 Å². The van der Waals surface area contributed by atoms with Crippen molar-refractivity contribution in [3.8, 4) is 6.07 Å². The first-order chi connectivity index (χ1) is 9.79. The SMILES string of the molecule is N#Cc1cccc2c1[nH]c(=S)n2CCN1CCOCC1. The number of fused-ring (bicyclic) bond motifs is 1. The molecule has 20 heavy (non-hydrogen) atoms. The molecule has 0 spiro atoms. The number of nitrogens with one attached hydrogen (secondary N) is 1. The van der Waals surface area contributed by atoms with E-state index in [9.17, 15) is 0 Å². The number of morpholine rings is 1. The average molecular weight is 288 g/mol. The van der Waals surface area contributed by atoms with Crippen LogP contribution in [0.1, 0.15) is 5.56 Å². The highest BCUT2D eigenvalue weighted by atomic mass is 32.1. The summed E-state index contributed by atoms with van der Waals surface area (Å²) in [6.07, 6.45) is 0. The lowest BCUT2D eigenvalue weighted by Gasteiger charge is -2.26. The Morgan fingerprint density at radius 2 is 2.10 bits per heavy atom. The van der Waals surface area contributed by atoms with Crippen molar-refractivity contribution in [2.24, 2.45) is 0 Å². The molecule has 0 aliphatic carbocycles. The summed E-state index contributed by atoms with van der Waals surface area (Å²) >= 11 is 5.38. The Labute approximate surface area is 122 Å². The first-order valence-electron chi connectivity index (χ1n) is 6.71. The zero-order chi connectivity index (χ0) is 13.9. The molecule has 1 saturated heterocycles. The van der Waals surface area contributed by atoms with Gasteiger partial charge in [-0.1, -0.05) is 6.07 Å². The van der Waals surface area contributed by atoms with Crippen LogP contribution in [0.2, 0.25) is 0 Å². The molecule has 104 valence electrons. The molecule has 2 aromatic rings. The standard InChI is InChI=1S/C14H16N4OS/c15-10-11-2-1-3-12-13(11)16-14(20)18(12)5-4-17-6-8-19-9-7-17/h1-3H,4-9H2,(H,16,20). The Morgan fingerprint density at radius 1 is 1.30 bits per heavy atom. The maximum absolute atomic E-state index is 9.13. The molecule has 0 amide bonds. The van der Waals surface area contributed by atoms with Crippen LogP contribution >= 0.6 is 12.2 Å². The number of rotatable bonds is 3. The quantitative estimate of drug-likeness (QED) is 0.877.